The van der Waals surface area contributed by atoms with Gasteiger partial charge >= 0.3 is 0 Å². The summed E-state index contributed by atoms with van der Waals surface area (Å²) in [7, 11) is 7.55. The van der Waals surface area contributed by atoms with Gasteiger partial charge in [0.15, 0.2) is 11.5 Å². The molecule has 0 heterocycles. The van der Waals surface area contributed by atoms with Gasteiger partial charge < -0.3 is 19.1 Å². The van der Waals surface area contributed by atoms with Crippen LogP contribution in [0.2, 0.25) is 0 Å². The second kappa shape index (κ2) is 10.9. The molecule has 0 aliphatic carbocycles. The van der Waals surface area contributed by atoms with Crippen molar-refractivity contribution in [2.45, 2.75) is 32.0 Å². The normalized spacial score (nSPS) is 13.1. The van der Waals surface area contributed by atoms with Gasteiger partial charge in [-0.3, -0.25) is 0 Å². The first-order chi connectivity index (χ1) is 15.8. The zero-order valence-electron chi connectivity index (χ0n) is 20.2. The summed E-state index contributed by atoms with van der Waals surface area (Å²) in [5.74, 6) is 1.83. The highest BCUT2D eigenvalue weighted by molar-refractivity contribution is 7.49. The smallest absolute Gasteiger partial charge is 0.166 e. The summed E-state index contributed by atoms with van der Waals surface area (Å²) in [5.41, 5.74) is 2.98. The lowest BCUT2D eigenvalue weighted by molar-refractivity contribution is 0.277. The molecule has 0 spiro atoms. The number of halogens is 1. The molecule has 33 heavy (non-hydrogen) atoms. The van der Waals surface area contributed by atoms with E-state index in [1.807, 2.05) is 67.5 Å². The summed E-state index contributed by atoms with van der Waals surface area (Å²) in [4.78, 5) is 1.96. The van der Waals surface area contributed by atoms with Gasteiger partial charge in [0.05, 0.1) is 14.2 Å². The Bertz CT molecular complexity index is 1070. The molecule has 6 heteroatoms. The summed E-state index contributed by atoms with van der Waals surface area (Å²) in [6.45, 7) is 4.82. The molecule has 3 aromatic rings. The van der Waals surface area contributed by atoms with E-state index in [1.54, 1.807) is 20.3 Å². The van der Waals surface area contributed by atoms with E-state index in [4.69, 9.17) is 14.2 Å². The Morgan fingerprint density at radius 1 is 0.970 bits per heavy atom. The van der Waals surface area contributed by atoms with E-state index >= 15 is 0 Å². The summed E-state index contributed by atoms with van der Waals surface area (Å²) in [5, 5.41) is 0.817. The lowest BCUT2D eigenvalue weighted by atomic mass is 9.95. The average molecular weight is 470 g/mol. The standard InChI is InChI=1S/C27H33FNO3P/c1-7-27(2,33-25-14-13-20(28)15-23(25)29(3)4)22-16-21(30-5)17-24(31-6)26(22)32-18-19-11-9-8-10-12-19/h8-17,33H,7,18H2,1-6H3. The SMILES string of the molecule is CCC(C)(Pc1ccc(F)cc1N(C)C)c1cc(OC)cc(OC)c1OCc1ccccc1. The minimum atomic E-state index is -0.281. The van der Waals surface area contributed by atoms with Crippen molar-refractivity contribution in [3.05, 3.63) is 77.6 Å². The third-order valence-corrected chi connectivity index (χ3v) is 7.73. The van der Waals surface area contributed by atoms with Crippen LogP contribution in [-0.2, 0) is 11.8 Å². The molecule has 4 nitrogen and oxygen atoms in total. The highest BCUT2D eigenvalue weighted by Crippen LogP contribution is 2.52. The van der Waals surface area contributed by atoms with Gasteiger partial charge in [-0.1, -0.05) is 52.8 Å². The molecule has 0 fully saturated rings. The van der Waals surface area contributed by atoms with Gasteiger partial charge in [-0.05, 0) is 41.6 Å². The Balaban J connectivity index is 2.09. The van der Waals surface area contributed by atoms with E-state index in [2.05, 4.69) is 13.8 Å². The van der Waals surface area contributed by atoms with Crippen molar-refractivity contribution in [1.82, 2.24) is 0 Å². The van der Waals surface area contributed by atoms with Crippen LogP contribution in [0.4, 0.5) is 10.1 Å². The number of ether oxygens (including phenoxy) is 3. The summed E-state index contributed by atoms with van der Waals surface area (Å²) < 4.78 is 31.7. The van der Waals surface area contributed by atoms with Crippen LogP contribution >= 0.6 is 8.58 Å². The van der Waals surface area contributed by atoms with Crippen LogP contribution in [0.25, 0.3) is 0 Å². The Morgan fingerprint density at radius 2 is 1.70 bits per heavy atom. The predicted octanol–water partition coefficient (Wildman–Crippen LogP) is 6.12. The number of anilines is 1. The Kier molecular flexibility index (Phi) is 8.20. The van der Waals surface area contributed by atoms with Crippen molar-refractivity contribution >= 4 is 19.6 Å². The van der Waals surface area contributed by atoms with E-state index in [0.717, 1.165) is 28.5 Å². The lowest BCUT2D eigenvalue weighted by Gasteiger charge is -2.33. The minimum absolute atomic E-state index is 0.236. The zero-order chi connectivity index (χ0) is 24.0. The topological polar surface area (TPSA) is 30.9 Å². The molecule has 0 amide bonds. The third kappa shape index (κ3) is 5.78. The van der Waals surface area contributed by atoms with Crippen molar-refractivity contribution in [3.63, 3.8) is 0 Å². The second-order valence-corrected chi connectivity index (χ2v) is 10.2. The summed E-state index contributed by atoms with van der Waals surface area (Å²) in [6, 6.07) is 19.0. The number of hydrogen-bond donors (Lipinski definition) is 0. The lowest BCUT2D eigenvalue weighted by Crippen LogP contribution is -2.23. The fraction of sp³-hybridized carbons (Fsp3) is 0.333. The van der Waals surface area contributed by atoms with E-state index in [9.17, 15) is 4.39 Å². The van der Waals surface area contributed by atoms with Crippen LogP contribution in [-0.4, -0.2) is 28.3 Å². The van der Waals surface area contributed by atoms with Crippen LogP contribution < -0.4 is 24.4 Å². The van der Waals surface area contributed by atoms with Crippen LogP contribution in [0.5, 0.6) is 17.2 Å². The summed E-state index contributed by atoms with van der Waals surface area (Å²) in [6.07, 6.45) is 0.855. The molecule has 0 saturated carbocycles. The molecule has 0 aliphatic rings. The molecule has 0 N–H and O–H groups in total. The first-order valence-electron chi connectivity index (χ1n) is 11.0. The molecule has 0 bridgehead atoms. The van der Waals surface area contributed by atoms with E-state index in [1.165, 1.54) is 6.07 Å². The van der Waals surface area contributed by atoms with Crippen molar-refractivity contribution in [1.29, 1.82) is 0 Å². The number of rotatable bonds is 10. The van der Waals surface area contributed by atoms with Crippen LogP contribution in [0.3, 0.4) is 0 Å². The van der Waals surface area contributed by atoms with Crippen molar-refractivity contribution in [2.24, 2.45) is 0 Å². The zero-order valence-corrected chi connectivity index (χ0v) is 21.2. The van der Waals surface area contributed by atoms with Gasteiger partial charge in [-0.15, -0.1) is 0 Å². The van der Waals surface area contributed by atoms with Gasteiger partial charge in [0.2, 0.25) is 0 Å². The maximum Gasteiger partial charge on any atom is 0.166 e. The van der Waals surface area contributed by atoms with Gasteiger partial charge in [-0.25, -0.2) is 4.39 Å². The molecule has 2 unspecified atom stereocenters. The van der Waals surface area contributed by atoms with Gasteiger partial charge in [0.25, 0.3) is 0 Å². The molecule has 0 aromatic heterocycles. The molecule has 3 aromatic carbocycles. The maximum atomic E-state index is 14.0. The predicted molar refractivity (Wildman–Crippen MR) is 137 cm³/mol. The fourth-order valence-corrected chi connectivity index (χ4v) is 5.44. The minimum Gasteiger partial charge on any atom is -0.497 e. The monoisotopic (exact) mass is 469 g/mol. The third-order valence-electron chi connectivity index (χ3n) is 5.86. The molecule has 176 valence electrons. The molecule has 0 saturated heterocycles. The van der Waals surface area contributed by atoms with Gasteiger partial charge in [0, 0.05) is 36.6 Å². The van der Waals surface area contributed by atoms with Crippen LogP contribution in [0.15, 0.2) is 60.7 Å². The summed E-state index contributed by atoms with van der Waals surface area (Å²) >= 11 is 0. The Hall–Kier alpha value is -2.78. The number of methoxy groups -OCH3 is 2. The van der Waals surface area contributed by atoms with Crippen LogP contribution in [0.1, 0.15) is 31.4 Å². The van der Waals surface area contributed by atoms with Crippen molar-refractivity contribution < 1.29 is 18.6 Å². The van der Waals surface area contributed by atoms with Gasteiger partial charge in [0.1, 0.15) is 18.2 Å². The Labute approximate surface area is 198 Å². The van der Waals surface area contributed by atoms with Crippen molar-refractivity contribution in [3.8, 4) is 17.2 Å². The number of nitrogens with zero attached hydrogens (tertiary/aromatic N) is 1. The molecule has 3 rings (SSSR count). The quantitative estimate of drug-likeness (QED) is 0.335. The molecular formula is C27H33FNO3P. The van der Waals surface area contributed by atoms with Gasteiger partial charge in [-0.2, -0.15) is 0 Å². The largest absolute Gasteiger partial charge is 0.497 e. The van der Waals surface area contributed by atoms with Crippen molar-refractivity contribution in [2.75, 3.05) is 33.2 Å². The second-order valence-electron chi connectivity index (χ2n) is 8.35. The highest BCUT2D eigenvalue weighted by Gasteiger charge is 2.32. The molecule has 0 aliphatic heterocycles. The first-order valence-corrected chi connectivity index (χ1v) is 12.0. The van der Waals surface area contributed by atoms with Crippen LogP contribution in [0, 0.1) is 5.82 Å². The first kappa shape index (κ1) is 24.9. The fourth-order valence-electron chi connectivity index (χ4n) is 3.76. The number of hydrogen-bond acceptors (Lipinski definition) is 4. The average Bonchev–Trinajstić information content (AvgIpc) is 2.83. The van der Waals surface area contributed by atoms with E-state index in [0.29, 0.717) is 32.4 Å². The van der Waals surface area contributed by atoms with E-state index in [-0.39, 0.29) is 11.0 Å². The molecule has 0 radical (unpaired) electrons. The maximum absolute atomic E-state index is 14.0. The molecular weight excluding hydrogens is 436 g/mol. The highest BCUT2D eigenvalue weighted by atomic mass is 31.1. The number of benzene rings is 3. The Morgan fingerprint density at radius 3 is 2.30 bits per heavy atom. The van der Waals surface area contributed by atoms with E-state index < -0.39 is 0 Å². The molecule has 2 atom stereocenters.